The molecule has 4 amide bonds. The molecule has 0 spiro atoms. The van der Waals surface area contributed by atoms with Crippen molar-refractivity contribution in [2.75, 3.05) is 10.6 Å². The number of nitrogens with zero attached hydrogens (tertiary/aromatic N) is 2. The second-order valence-electron chi connectivity index (χ2n) is 7.33. The van der Waals surface area contributed by atoms with Crippen LogP contribution in [-0.4, -0.2) is 33.5 Å². The molecule has 0 aliphatic carbocycles. The van der Waals surface area contributed by atoms with Crippen LogP contribution in [0.15, 0.2) is 76.9 Å². The Morgan fingerprint density at radius 3 is 2.53 bits per heavy atom. The Kier molecular flexibility index (Phi) is 5.48. The molecule has 0 radical (unpaired) electrons. The molecule has 9 nitrogen and oxygen atoms in total. The van der Waals surface area contributed by atoms with Gasteiger partial charge in [0.15, 0.2) is 5.13 Å². The van der Waals surface area contributed by atoms with Gasteiger partial charge in [0.1, 0.15) is 5.76 Å². The summed E-state index contributed by atoms with van der Waals surface area (Å²) in [5.74, 6) is -1.43. The van der Waals surface area contributed by atoms with Gasteiger partial charge in [0.05, 0.1) is 35.2 Å². The molecule has 1 aliphatic rings. The number of hydrogen-bond acceptors (Lipinski definition) is 7. The van der Waals surface area contributed by atoms with E-state index in [4.69, 9.17) is 4.42 Å². The number of imide groups is 1. The zero-order valence-electron chi connectivity index (χ0n) is 17.5. The Morgan fingerprint density at radius 2 is 1.76 bits per heavy atom. The number of thiazole rings is 1. The molecule has 10 heteroatoms. The van der Waals surface area contributed by atoms with Crippen LogP contribution >= 0.6 is 11.3 Å². The molecule has 168 valence electrons. The number of amides is 4. The summed E-state index contributed by atoms with van der Waals surface area (Å²) in [6, 6.07) is 14.2. The van der Waals surface area contributed by atoms with Crippen LogP contribution in [0.25, 0.3) is 0 Å². The summed E-state index contributed by atoms with van der Waals surface area (Å²) in [5.41, 5.74) is 1.08. The third-order valence-electron chi connectivity index (χ3n) is 5.20. The van der Waals surface area contributed by atoms with Crippen molar-refractivity contribution in [3.63, 3.8) is 0 Å². The van der Waals surface area contributed by atoms with Crippen molar-refractivity contribution in [2.45, 2.75) is 6.54 Å². The first-order chi connectivity index (χ1) is 16.5. The average Bonchev–Trinajstić information content (AvgIpc) is 3.59. The fourth-order valence-electron chi connectivity index (χ4n) is 3.57. The molecule has 0 unspecified atom stereocenters. The predicted octanol–water partition coefficient (Wildman–Crippen LogP) is 4.04. The molecule has 0 atom stereocenters. The zero-order chi connectivity index (χ0) is 23.7. The van der Waals surface area contributed by atoms with Crippen molar-refractivity contribution >= 4 is 45.8 Å². The van der Waals surface area contributed by atoms with Crippen LogP contribution in [0.1, 0.15) is 47.2 Å². The van der Waals surface area contributed by atoms with Crippen LogP contribution in [-0.2, 0) is 6.54 Å². The number of furan rings is 1. The molecule has 0 saturated heterocycles. The van der Waals surface area contributed by atoms with Crippen molar-refractivity contribution < 1.29 is 23.6 Å². The van der Waals surface area contributed by atoms with Gasteiger partial charge in [-0.3, -0.25) is 29.4 Å². The van der Waals surface area contributed by atoms with Gasteiger partial charge < -0.3 is 9.73 Å². The quantitative estimate of drug-likeness (QED) is 0.409. The topological polar surface area (TPSA) is 122 Å². The highest BCUT2D eigenvalue weighted by Gasteiger charge is 2.36. The van der Waals surface area contributed by atoms with E-state index in [0.29, 0.717) is 16.6 Å². The van der Waals surface area contributed by atoms with E-state index in [9.17, 15) is 19.2 Å². The van der Waals surface area contributed by atoms with E-state index in [2.05, 4.69) is 15.6 Å². The molecule has 2 aromatic heterocycles. The maximum Gasteiger partial charge on any atom is 0.261 e. The molecule has 2 aromatic carbocycles. The van der Waals surface area contributed by atoms with Crippen LogP contribution < -0.4 is 10.6 Å². The third kappa shape index (κ3) is 3.97. The number of carbonyl (C=O) groups excluding carboxylic acids is 4. The summed E-state index contributed by atoms with van der Waals surface area (Å²) in [5, 5.41) is 7.56. The van der Waals surface area contributed by atoms with E-state index in [0.717, 1.165) is 4.90 Å². The summed E-state index contributed by atoms with van der Waals surface area (Å²) in [6.45, 7) is 0.00244. The molecular formula is C24H16N4O5S. The van der Waals surface area contributed by atoms with Crippen LogP contribution in [0.5, 0.6) is 0 Å². The Labute approximate surface area is 197 Å². The lowest BCUT2D eigenvalue weighted by Crippen LogP contribution is -2.28. The minimum atomic E-state index is -0.526. The Morgan fingerprint density at radius 1 is 0.941 bits per heavy atom. The smallest absolute Gasteiger partial charge is 0.261 e. The lowest BCUT2D eigenvalue weighted by Gasteiger charge is -2.11. The number of aromatic nitrogens is 1. The van der Waals surface area contributed by atoms with Gasteiger partial charge in [-0.25, -0.2) is 4.98 Å². The fourth-order valence-corrected chi connectivity index (χ4v) is 4.09. The van der Waals surface area contributed by atoms with Crippen molar-refractivity contribution in [1.29, 1.82) is 0 Å². The van der Waals surface area contributed by atoms with Crippen LogP contribution in [0, 0.1) is 0 Å². The Hall–Kier alpha value is -4.57. The molecule has 4 aromatic rings. The van der Waals surface area contributed by atoms with E-state index in [1.54, 1.807) is 48.0 Å². The highest BCUT2D eigenvalue weighted by Crippen LogP contribution is 2.27. The predicted molar refractivity (Wildman–Crippen MR) is 124 cm³/mol. The van der Waals surface area contributed by atoms with E-state index in [1.807, 2.05) is 0 Å². The summed E-state index contributed by atoms with van der Waals surface area (Å²) < 4.78 is 5.24. The Bertz CT molecular complexity index is 1410. The molecule has 34 heavy (non-hydrogen) atoms. The largest absolute Gasteiger partial charge is 0.467 e. The fraction of sp³-hybridized carbons (Fsp3) is 0.0417. The zero-order valence-corrected chi connectivity index (χ0v) is 18.3. The summed E-state index contributed by atoms with van der Waals surface area (Å²) in [6.07, 6.45) is 3.04. The van der Waals surface area contributed by atoms with Crippen molar-refractivity contribution in [1.82, 2.24) is 9.88 Å². The SMILES string of the molecule is O=C(Nc1ccccc1C(=O)Nc1nccs1)c1ccc2c(c1)C(=O)N(Cc1ccco1)C2=O. The minimum absolute atomic E-state index is 0.00244. The second-order valence-corrected chi connectivity index (χ2v) is 8.22. The van der Waals surface area contributed by atoms with E-state index in [1.165, 1.54) is 35.8 Å². The van der Waals surface area contributed by atoms with E-state index in [-0.39, 0.29) is 28.8 Å². The molecule has 3 heterocycles. The van der Waals surface area contributed by atoms with E-state index < -0.39 is 23.6 Å². The highest BCUT2D eigenvalue weighted by atomic mass is 32.1. The standard InChI is InChI=1S/C24H16N4O5S/c29-20(26-19-6-2-1-5-17(19)21(30)27-24-25-9-11-34-24)14-7-8-16-18(12-14)23(32)28(22(16)31)13-15-4-3-10-33-15/h1-12H,13H2,(H,26,29)(H,25,27,30). The maximum atomic E-state index is 13.0. The third-order valence-corrected chi connectivity index (χ3v) is 5.89. The van der Waals surface area contributed by atoms with Crippen molar-refractivity contribution in [2.24, 2.45) is 0 Å². The second kappa shape index (κ2) is 8.75. The number of carbonyl (C=O) groups is 4. The first-order valence-electron chi connectivity index (χ1n) is 10.1. The highest BCUT2D eigenvalue weighted by molar-refractivity contribution is 7.13. The lowest BCUT2D eigenvalue weighted by atomic mass is 10.0. The van der Waals surface area contributed by atoms with Gasteiger partial charge in [-0.1, -0.05) is 12.1 Å². The number of benzene rings is 2. The number of fused-ring (bicyclic) bond motifs is 1. The van der Waals surface area contributed by atoms with Gasteiger partial charge in [-0.2, -0.15) is 0 Å². The van der Waals surface area contributed by atoms with Crippen molar-refractivity contribution in [3.8, 4) is 0 Å². The van der Waals surface area contributed by atoms with Crippen LogP contribution in [0.2, 0.25) is 0 Å². The van der Waals surface area contributed by atoms with Crippen molar-refractivity contribution in [3.05, 3.63) is 100 Å². The molecule has 0 saturated carbocycles. The average molecular weight is 472 g/mol. The lowest BCUT2D eigenvalue weighted by molar-refractivity contribution is 0.0631. The number of anilines is 2. The summed E-state index contributed by atoms with van der Waals surface area (Å²) >= 11 is 1.28. The van der Waals surface area contributed by atoms with Crippen LogP contribution in [0.3, 0.4) is 0 Å². The summed E-state index contributed by atoms with van der Waals surface area (Å²) in [7, 11) is 0. The molecular weight excluding hydrogens is 456 g/mol. The van der Waals surface area contributed by atoms with E-state index >= 15 is 0 Å². The monoisotopic (exact) mass is 472 g/mol. The number of hydrogen-bond donors (Lipinski definition) is 2. The first kappa shape index (κ1) is 21.3. The van der Waals surface area contributed by atoms with Gasteiger partial charge >= 0.3 is 0 Å². The number of para-hydroxylation sites is 1. The minimum Gasteiger partial charge on any atom is -0.467 e. The molecule has 0 fully saturated rings. The van der Waals surface area contributed by atoms with Gasteiger partial charge in [0.25, 0.3) is 23.6 Å². The Balaban J connectivity index is 1.36. The van der Waals surface area contributed by atoms with Gasteiger partial charge in [-0.05, 0) is 42.5 Å². The number of rotatable bonds is 6. The molecule has 1 aliphatic heterocycles. The molecule has 2 N–H and O–H groups in total. The van der Waals surface area contributed by atoms with Gasteiger partial charge in [0.2, 0.25) is 0 Å². The number of nitrogens with one attached hydrogen (secondary N) is 2. The van der Waals surface area contributed by atoms with Gasteiger partial charge in [-0.15, -0.1) is 11.3 Å². The molecule has 5 rings (SSSR count). The summed E-state index contributed by atoms with van der Waals surface area (Å²) in [4.78, 5) is 56.2. The van der Waals surface area contributed by atoms with Crippen LogP contribution in [0.4, 0.5) is 10.8 Å². The normalized spacial score (nSPS) is 12.5. The molecule has 0 bridgehead atoms. The van der Waals surface area contributed by atoms with Gasteiger partial charge in [0, 0.05) is 17.1 Å². The maximum absolute atomic E-state index is 13.0. The first-order valence-corrected chi connectivity index (χ1v) is 11.0.